The first-order valence-electron chi connectivity index (χ1n) is 9.29. The van der Waals surface area contributed by atoms with Crippen molar-refractivity contribution in [1.29, 1.82) is 0 Å². The first kappa shape index (κ1) is 21.3. The predicted molar refractivity (Wildman–Crippen MR) is 120 cm³/mol. The van der Waals surface area contributed by atoms with Crippen molar-refractivity contribution in [1.82, 2.24) is 4.98 Å². The molecule has 30 heavy (non-hydrogen) atoms. The van der Waals surface area contributed by atoms with E-state index in [-0.39, 0.29) is 10.5 Å². The molecule has 0 saturated carbocycles. The molecule has 0 aliphatic carbocycles. The van der Waals surface area contributed by atoms with E-state index in [1.165, 1.54) is 23.5 Å². The number of rotatable bonds is 6. The van der Waals surface area contributed by atoms with Crippen LogP contribution in [0.5, 0.6) is 0 Å². The van der Waals surface area contributed by atoms with Crippen LogP contribution in [0.1, 0.15) is 15.9 Å². The summed E-state index contributed by atoms with van der Waals surface area (Å²) >= 11 is 0. The first-order chi connectivity index (χ1) is 14.2. The average Bonchev–Trinajstić information content (AvgIpc) is 2.74. The zero-order valence-electron chi connectivity index (χ0n) is 17.3. The predicted octanol–water partition coefficient (Wildman–Crippen LogP) is 3.53. The van der Waals surface area contributed by atoms with E-state index in [2.05, 4.69) is 10.3 Å². The van der Waals surface area contributed by atoms with E-state index in [1.807, 2.05) is 33.2 Å². The third kappa shape index (κ3) is 4.44. The van der Waals surface area contributed by atoms with Gasteiger partial charge in [0.25, 0.3) is 15.9 Å². The van der Waals surface area contributed by atoms with Crippen molar-refractivity contribution in [3.63, 3.8) is 0 Å². The van der Waals surface area contributed by atoms with Gasteiger partial charge in [-0.1, -0.05) is 23.8 Å². The Morgan fingerprint density at radius 2 is 1.67 bits per heavy atom. The summed E-state index contributed by atoms with van der Waals surface area (Å²) in [6.45, 7) is 1.93. The number of carbonyl (C=O) groups excluding carboxylic acids is 1. The topological polar surface area (TPSA) is 82.6 Å². The molecule has 3 aromatic rings. The van der Waals surface area contributed by atoms with Crippen molar-refractivity contribution < 1.29 is 13.2 Å². The summed E-state index contributed by atoms with van der Waals surface area (Å²) < 4.78 is 27.3. The van der Waals surface area contributed by atoms with Crippen molar-refractivity contribution in [2.24, 2.45) is 0 Å². The molecular weight excluding hydrogens is 400 g/mol. The van der Waals surface area contributed by atoms with Gasteiger partial charge in [0, 0.05) is 32.9 Å². The van der Waals surface area contributed by atoms with E-state index in [9.17, 15) is 13.2 Å². The lowest BCUT2D eigenvalue weighted by atomic mass is 10.2. The van der Waals surface area contributed by atoms with Crippen LogP contribution in [0.4, 0.5) is 17.2 Å². The number of benzene rings is 2. The second-order valence-corrected chi connectivity index (χ2v) is 9.03. The molecule has 0 unspecified atom stereocenters. The lowest BCUT2D eigenvalue weighted by molar-refractivity contribution is 0.102. The van der Waals surface area contributed by atoms with Gasteiger partial charge < -0.3 is 10.2 Å². The Bertz CT molecular complexity index is 1160. The van der Waals surface area contributed by atoms with Gasteiger partial charge in [-0.2, -0.15) is 0 Å². The van der Waals surface area contributed by atoms with Crippen molar-refractivity contribution in [3.05, 3.63) is 78.0 Å². The fourth-order valence-electron chi connectivity index (χ4n) is 2.89. The lowest BCUT2D eigenvalue weighted by Crippen LogP contribution is -2.27. The van der Waals surface area contributed by atoms with Crippen LogP contribution in [-0.2, 0) is 10.0 Å². The zero-order chi connectivity index (χ0) is 21.9. The Hall–Kier alpha value is -3.39. The third-order valence-corrected chi connectivity index (χ3v) is 6.39. The second kappa shape index (κ2) is 8.54. The summed E-state index contributed by atoms with van der Waals surface area (Å²) in [5.74, 6) is 0.190. The van der Waals surface area contributed by atoms with Gasteiger partial charge in [0.1, 0.15) is 0 Å². The minimum Gasteiger partial charge on any atom is -0.361 e. The number of nitrogens with zero attached hydrogens (tertiary/aromatic N) is 3. The highest BCUT2D eigenvalue weighted by Gasteiger charge is 2.22. The van der Waals surface area contributed by atoms with Gasteiger partial charge in [-0.05, 0) is 49.4 Å². The number of amides is 1. The normalized spacial score (nSPS) is 11.1. The number of carbonyl (C=O) groups is 1. The van der Waals surface area contributed by atoms with Gasteiger partial charge in [0.05, 0.1) is 16.3 Å². The number of sulfonamides is 1. The van der Waals surface area contributed by atoms with Crippen LogP contribution in [0.3, 0.4) is 0 Å². The fraction of sp³-hybridized carbons (Fsp3) is 0.182. The molecule has 0 aliphatic heterocycles. The van der Waals surface area contributed by atoms with Crippen LogP contribution in [0.25, 0.3) is 0 Å². The number of aryl methyl sites for hydroxylation is 1. The number of anilines is 3. The maximum Gasteiger partial charge on any atom is 0.264 e. The van der Waals surface area contributed by atoms with Crippen molar-refractivity contribution >= 4 is 33.1 Å². The summed E-state index contributed by atoms with van der Waals surface area (Å²) in [4.78, 5) is 18.9. The summed E-state index contributed by atoms with van der Waals surface area (Å²) in [5.41, 5.74) is 2.36. The molecule has 2 aromatic carbocycles. The smallest absolute Gasteiger partial charge is 0.264 e. The van der Waals surface area contributed by atoms with Crippen molar-refractivity contribution in [2.75, 3.05) is 35.7 Å². The molecule has 1 aromatic heterocycles. The maximum absolute atomic E-state index is 13.1. The minimum absolute atomic E-state index is 0.0391. The highest BCUT2D eigenvalue weighted by molar-refractivity contribution is 7.92. The molecule has 0 aliphatic rings. The molecule has 0 radical (unpaired) electrons. The average molecular weight is 425 g/mol. The summed E-state index contributed by atoms with van der Waals surface area (Å²) in [5, 5.41) is 2.80. The number of hydrogen-bond donors (Lipinski definition) is 1. The quantitative estimate of drug-likeness (QED) is 0.655. The number of hydrogen-bond acceptors (Lipinski definition) is 5. The second-order valence-electron chi connectivity index (χ2n) is 7.06. The molecule has 0 fully saturated rings. The monoisotopic (exact) mass is 424 g/mol. The van der Waals surface area contributed by atoms with Gasteiger partial charge >= 0.3 is 0 Å². The van der Waals surface area contributed by atoms with E-state index >= 15 is 0 Å². The molecule has 1 amide bonds. The Kier molecular flexibility index (Phi) is 6.07. The van der Waals surface area contributed by atoms with E-state index in [0.717, 1.165) is 5.56 Å². The third-order valence-electron chi connectivity index (χ3n) is 4.61. The van der Waals surface area contributed by atoms with Crippen molar-refractivity contribution in [3.8, 4) is 0 Å². The van der Waals surface area contributed by atoms with Gasteiger partial charge in [0.15, 0.2) is 5.82 Å². The molecule has 3 rings (SSSR count). The van der Waals surface area contributed by atoms with Crippen LogP contribution >= 0.6 is 0 Å². The molecule has 0 saturated heterocycles. The first-order valence-corrected chi connectivity index (χ1v) is 10.7. The van der Waals surface area contributed by atoms with E-state index in [4.69, 9.17) is 0 Å². The van der Waals surface area contributed by atoms with Crippen LogP contribution in [0.15, 0.2) is 71.8 Å². The van der Waals surface area contributed by atoms with Gasteiger partial charge in [-0.25, -0.2) is 13.4 Å². The van der Waals surface area contributed by atoms with E-state index in [1.54, 1.807) is 47.5 Å². The molecular formula is C22H24N4O3S. The van der Waals surface area contributed by atoms with Gasteiger partial charge in [0.2, 0.25) is 0 Å². The molecule has 8 heteroatoms. The Morgan fingerprint density at radius 3 is 2.33 bits per heavy atom. The van der Waals surface area contributed by atoms with E-state index in [0.29, 0.717) is 17.2 Å². The summed E-state index contributed by atoms with van der Waals surface area (Å²) in [6.07, 6.45) is 1.64. The molecule has 0 spiro atoms. The van der Waals surface area contributed by atoms with E-state index < -0.39 is 15.9 Å². The summed E-state index contributed by atoms with van der Waals surface area (Å²) in [7, 11) is 1.32. The summed E-state index contributed by atoms with van der Waals surface area (Å²) in [6, 6.07) is 16.6. The molecule has 0 bridgehead atoms. The maximum atomic E-state index is 13.1. The highest BCUT2D eigenvalue weighted by atomic mass is 32.2. The zero-order valence-corrected chi connectivity index (χ0v) is 18.1. The van der Waals surface area contributed by atoms with Crippen LogP contribution < -0.4 is 14.5 Å². The lowest BCUT2D eigenvalue weighted by Gasteiger charge is -2.20. The number of nitrogens with one attached hydrogen (secondary N) is 1. The highest BCUT2D eigenvalue weighted by Crippen LogP contribution is 2.24. The van der Waals surface area contributed by atoms with Gasteiger partial charge in [-0.3, -0.25) is 9.10 Å². The standard InChI is InChI=1S/C22H24N4O3S/c1-16-10-12-18(13-11-16)26(4)30(28,29)19-8-5-7-17(15-19)22(27)24-20-9-6-14-23-21(20)25(2)3/h5-15H,1-4H3,(H,24,27). The molecule has 156 valence electrons. The Balaban J connectivity index is 1.88. The van der Waals surface area contributed by atoms with Crippen molar-refractivity contribution in [2.45, 2.75) is 11.8 Å². The molecule has 1 heterocycles. The van der Waals surface area contributed by atoms with Crippen LogP contribution in [-0.4, -0.2) is 40.5 Å². The molecule has 1 N–H and O–H groups in total. The molecule has 0 atom stereocenters. The largest absolute Gasteiger partial charge is 0.361 e. The number of pyridine rings is 1. The molecule has 7 nitrogen and oxygen atoms in total. The number of aromatic nitrogens is 1. The van der Waals surface area contributed by atoms with Crippen LogP contribution in [0.2, 0.25) is 0 Å². The SMILES string of the molecule is Cc1ccc(N(C)S(=O)(=O)c2cccc(C(=O)Nc3cccnc3N(C)C)c2)cc1. The Labute approximate surface area is 177 Å². The fourth-order valence-corrected chi connectivity index (χ4v) is 4.14. The van der Waals surface area contributed by atoms with Gasteiger partial charge in [-0.15, -0.1) is 0 Å². The Morgan fingerprint density at radius 1 is 0.967 bits per heavy atom. The van der Waals surface area contributed by atoms with Crippen LogP contribution in [0, 0.1) is 6.92 Å². The minimum atomic E-state index is -3.82.